The van der Waals surface area contributed by atoms with Crippen molar-refractivity contribution in [2.45, 2.75) is 32.2 Å². The van der Waals surface area contributed by atoms with Crippen LogP contribution in [0.2, 0.25) is 0 Å². The number of imide groups is 1. The zero-order chi connectivity index (χ0) is 20.6. The molecule has 0 bridgehead atoms. The molecule has 0 radical (unpaired) electrons. The summed E-state index contributed by atoms with van der Waals surface area (Å²) >= 11 is 0. The molecule has 1 atom stereocenters. The third-order valence-electron chi connectivity index (χ3n) is 5.58. The summed E-state index contributed by atoms with van der Waals surface area (Å²) in [5, 5.41) is 3.58. The lowest BCUT2D eigenvalue weighted by molar-refractivity contribution is -0.130. The van der Waals surface area contributed by atoms with E-state index >= 15 is 0 Å². The molecule has 0 aliphatic carbocycles. The van der Waals surface area contributed by atoms with Crippen LogP contribution in [0.25, 0.3) is 10.9 Å². The van der Waals surface area contributed by atoms with Crippen molar-refractivity contribution in [2.75, 3.05) is 6.54 Å². The number of hydrogen-bond acceptors (Lipinski definition) is 3. The Hall–Kier alpha value is -3.41. The van der Waals surface area contributed by atoms with Crippen molar-refractivity contribution in [3.05, 3.63) is 71.4 Å². The molecular formula is C23H23N3O3. The molecule has 148 valence electrons. The molecule has 1 aliphatic rings. The Morgan fingerprint density at radius 1 is 1.03 bits per heavy atom. The van der Waals surface area contributed by atoms with Gasteiger partial charge >= 0.3 is 6.03 Å². The zero-order valence-electron chi connectivity index (χ0n) is 16.5. The normalized spacial score (nSPS) is 19.0. The van der Waals surface area contributed by atoms with Crippen molar-refractivity contribution in [1.29, 1.82) is 0 Å². The molecule has 1 aliphatic heterocycles. The molecule has 29 heavy (non-hydrogen) atoms. The molecule has 6 nitrogen and oxygen atoms in total. The second-order valence-electron chi connectivity index (χ2n) is 7.73. The monoisotopic (exact) mass is 389 g/mol. The molecule has 2 heterocycles. The lowest BCUT2D eigenvalue weighted by Crippen LogP contribution is -2.44. The Morgan fingerprint density at radius 2 is 1.72 bits per heavy atom. The Morgan fingerprint density at radius 3 is 2.48 bits per heavy atom. The van der Waals surface area contributed by atoms with Gasteiger partial charge in [0.15, 0.2) is 5.78 Å². The van der Waals surface area contributed by atoms with Gasteiger partial charge in [-0.1, -0.05) is 48.5 Å². The maximum atomic E-state index is 13.0. The van der Waals surface area contributed by atoms with Gasteiger partial charge in [-0.05, 0) is 38.3 Å². The third-order valence-corrected chi connectivity index (χ3v) is 5.58. The van der Waals surface area contributed by atoms with Crippen LogP contribution in [-0.2, 0) is 11.2 Å². The molecule has 3 amide bonds. The number of carbonyl (C=O) groups is 3. The van der Waals surface area contributed by atoms with Crippen LogP contribution in [0, 0.1) is 6.92 Å². The topological polar surface area (TPSA) is 82.3 Å². The minimum absolute atomic E-state index is 0.254. The van der Waals surface area contributed by atoms with Crippen LogP contribution in [0.3, 0.4) is 0 Å². The molecule has 3 aromatic rings. The van der Waals surface area contributed by atoms with Crippen LogP contribution in [0.1, 0.15) is 35.0 Å². The Kier molecular flexibility index (Phi) is 4.70. The van der Waals surface area contributed by atoms with E-state index in [0.717, 1.165) is 27.1 Å². The molecule has 2 aromatic carbocycles. The average Bonchev–Trinajstić information content (AvgIpc) is 3.15. The van der Waals surface area contributed by atoms with Gasteiger partial charge in [-0.15, -0.1) is 0 Å². The molecule has 6 heteroatoms. The molecule has 1 fully saturated rings. The van der Waals surface area contributed by atoms with E-state index in [1.165, 1.54) is 0 Å². The number of benzene rings is 2. The molecule has 0 saturated carbocycles. The summed E-state index contributed by atoms with van der Waals surface area (Å²) in [7, 11) is 0. The number of nitrogens with one attached hydrogen (secondary N) is 2. The Bertz CT molecular complexity index is 1100. The molecule has 1 aromatic heterocycles. The fourth-order valence-corrected chi connectivity index (χ4v) is 3.96. The molecular weight excluding hydrogens is 366 g/mol. The highest BCUT2D eigenvalue weighted by atomic mass is 16.2. The van der Waals surface area contributed by atoms with Gasteiger partial charge < -0.3 is 10.3 Å². The zero-order valence-corrected chi connectivity index (χ0v) is 16.5. The standard InChI is InChI=1S/C23H23N3O3/c1-15-20(17-10-6-7-11-18(17)24-15)19(27)14-26-21(28)23(2,25-22(26)29)13-12-16-8-4-3-5-9-16/h3-11,24H,12-14H2,1-2H3,(H,25,29). The fourth-order valence-electron chi connectivity index (χ4n) is 3.96. The Labute approximate surface area is 168 Å². The number of urea groups is 1. The minimum atomic E-state index is -1.01. The number of hydrogen-bond donors (Lipinski definition) is 2. The number of Topliss-reactive ketones (excluding diaryl/α,β-unsaturated/α-hetero) is 1. The van der Waals surface area contributed by atoms with Gasteiger partial charge in [0.1, 0.15) is 5.54 Å². The summed E-state index contributed by atoms with van der Waals surface area (Å²) in [4.78, 5) is 42.7. The van der Waals surface area contributed by atoms with Crippen molar-refractivity contribution in [2.24, 2.45) is 0 Å². The smallest absolute Gasteiger partial charge is 0.325 e. The first kappa shape index (κ1) is 18.9. The van der Waals surface area contributed by atoms with Crippen LogP contribution >= 0.6 is 0 Å². The maximum Gasteiger partial charge on any atom is 0.325 e. The summed E-state index contributed by atoms with van der Waals surface area (Å²) < 4.78 is 0. The predicted molar refractivity (Wildman–Crippen MR) is 111 cm³/mol. The van der Waals surface area contributed by atoms with Crippen LogP contribution in [0.4, 0.5) is 4.79 Å². The quantitative estimate of drug-likeness (QED) is 0.499. The molecule has 1 unspecified atom stereocenters. The van der Waals surface area contributed by atoms with E-state index in [-0.39, 0.29) is 18.2 Å². The lowest BCUT2D eigenvalue weighted by atomic mass is 9.93. The van der Waals surface area contributed by atoms with Crippen molar-refractivity contribution in [1.82, 2.24) is 15.2 Å². The summed E-state index contributed by atoms with van der Waals surface area (Å²) in [5.74, 6) is -0.611. The van der Waals surface area contributed by atoms with Crippen molar-refractivity contribution < 1.29 is 14.4 Å². The van der Waals surface area contributed by atoms with Crippen LogP contribution in [0.5, 0.6) is 0 Å². The first-order chi connectivity index (χ1) is 13.9. The predicted octanol–water partition coefficient (Wildman–Crippen LogP) is 3.60. The third kappa shape index (κ3) is 3.42. The summed E-state index contributed by atoms with van der Waals surface area (Å²) in [5.41, 5.74) is 2.20. The van der Waals surface area contributed by atoms with Gasteiger partial charge in [-0.25, -0.2) is 4.79 Å². The second kappa shape index (κ2) is 7.20. The van der Waals surface area contributed by atoms with E-state index < -0.39 is 11.6 Å². The van der Waals surface area contributed by atoms with E-state index in [1.54, 1.807) is 6.92 Å². The minimum Gasteiger partial charge on any atom is -0.358 e. The molecule has 4 rings (SSSR count). The van der Waals surface area contributed by atoms with Gasteiger partial charge in [0.05, 0.1) is 6.54 Å². The van der Waals surface area contributed by atoms with Crippen LogP contribution < -0.4 is 5.32 Å². The van der Waals surface area contributed by atoms with E-state index in [0.29, 0.717) is 18.4 Å². The van der Waals surface area contributed by atoms with E-state index in [9.17, 15) is 14.4 Å². The first-order valence-electron chi connectivity index (χ1n) is 9.67. The summed E-state index contributed by atoms with van der Waals surface area (Å²) in [6, 6.07) is 16.8. The Balaban J connectivity index is 1.51. The van der Waals surface area contributed by atoms with E-state index in [1.807, 2.05) is 61.5 Å². The highest BCUT2D eigenvalue weighted by molar-refractivity contribution is 6.14. The number of para-hydroxylation sites is 1. The number of aryl methyl sites for hydroxylation is 2. The van der Waals surface area contributed by atoms with Gasteiger partial charge in [-0.2, -0.15) is 0 Å². The van der Waals surface area contributed by atoms with Gasteiger partial charge in [-0.3, -0.25) is 14.5 Å². The van der Waals surface area contributed by atoms with Crippen molar-refractivity contribution in [3.63, 3.8) is 0 Å². The number of nitrogens with zero attached hydrogens (tertiary/aromatic N) is 1. The number of carbonyl (C=O) groups excluding carboxylic acids is 3. The fraction of sp³-hybridized carbons (Fsp3) is 0.261. The van der Waals surface area contributed by atoms with Crippen molar-refractivity contribution in [3.8, 4) is 0 Å². The molecule has 0 spiro atoms. The van der Waals surface area contributed by atoms with Crippen LogP contribution in [-0.4, -0.2) is 39.7 Å². The van der Waals surface area contributed by atoms with Gasteiger partial charge in [0.2, 0.25) is 0 Å². The highest BCUT2D eigenvalue weighted by Crippen LogP contribution is 2.26. The number of aromatic nitrogens is 1. The van der Waals surface area contributed by atoms with Crippen molar-refractivity contribution >= 4 is 28.6 Å². The number of amides is 3. The van der Waals surface area contributed by atoms with Gasteiger partial charge in [0.25, 0.3) is 5.91 Å². The SMILES string of the molecule is Cc1[nH]c2ccccc2c1C(=O)CN1C(=O)NC(C)(CCc2ccccc2)C1=O. The largest absolute Gasteiger partial charge is 0.358 e. The maximum absolute atomic E-state index is 13.0. The van der Waals surface area contributed by atoms with Crippen LogP contribution in [0.15, 0.2) is 54.6 Å². The number of rotatable bonds is 6. The lowest BCUT2D eigenvalue weighted by Gasteiger charge is -2.21. The van der Waals surface area contributed by atoms with E-state index in [2.05, 4.69) is 10.3 Å². The van der Waals surface area contributed by atoms with E-state index in [4.69, 9.17) is 0 Å². The number of fused-ring (bicyclic) bond motifs is 1. The number of ketones is 1. The highest BCUT2D eigenvalue weighted by Gasteiger charge is 2.48. The molecule has 2 N–H and O–H groups in total. The second-order valence-corrected chi connectivity index (χ2v) is 7.73. The summed E-state index contributed by atoms with van der Waals surface area (Å²) in [6.45, 7) is 3.27. The number of aromatic amines is 1. The number of H-pyrrole nitrogens is 1. The first-order valence-corrected chi connectivity index (χ1v) is 9.67. The van der Waals surface area contributed by atoms with Gasteiger partial charge in [0, 0.05) is 22.2 Å². The average molecular weight is 389 g/mol. The summed E-state index contributed by atoms with van der Waals surface area (Å²) in [6.07, 6.45) is 1.13. The molecule has 1 saturated heterocycles.